The molecule has 2 atom stereocenters. The topological polar surface area (TPSA) is 38.0 Å². The molecular weight excluding hydrogens is 289 g/mol. The van der Waals surface area contributed by atoms with Crippen molar-refractivity contribution in [3.05, 3.63) is 34.6 Å². The van der Waals surface area contributed by atoms with Crippen molar-refractivity contribution in [3.8, 4) is 0 Å². The summed E-state index contributed by atoms with van der Waals surface area (Å²) in [6.07, 6.45) is 1.04. The minimum atomic E-state index is -2.66. The highest BCUT2D eigenvalue weighted by Gasteiger charge is 2.39. The summed E-state index contributed by atoms with van der Waals surface area (Å²) >= 11 is 5.97. The molecule has 2 unspecified atom stereocenters. The van der Waals surface area contributed by atoms with Crippen molar-refractivity contribution in [1.82, 2.24) is 5.43 Å². The second-order valence-electron chi connectivity index (χ2n) is 5.39. The van der Waals surface area contributed by atoms with Gasteiger partial charge in [-0.15, -0.1) is 0 Å². The van der Waals surface area contributed by atoms with Gasteiger partial charge in [-0.1, -0.05) is 17.7 Å². The van der Waals surface area contributed by atoms with Crippen LogP contribution in [0.4, 0.5) is 13.2 Å². The van der Waals surface area contributed by atoms with Gasteiger partial charge in [0.15, 0.2) is 0 Å². The minimum absolute atomic E-state index is 0.0821. The predicted octanol–water partition coefficient (Wildman–Crippen LogP) is 3.68. The number of hydrogen-bond acceptors (Lipinski definition) is 2. The van der Waals surface area contributed by atoms with E-state index >= 15 is 0 Å². The molecule has 2 nitrogen and oxygen atoms in total. The smallest absolute Gasteiger partial charge is 0.248 e. The summed E-state index contributed by atoms with van der Waals surface area (Å²) in [7, 11) is 0. The number of alkyl halides is 2. The second kappa shape index (κ2) is 6.33. The Morgan fingerprint density at radius 1 is 1.45 bits per heavy atom. The molecule has 3 N–H and O–H groups in total. The molecule has 1 aliphatic carbocycles. The van der Waals surface area contributed by atoms with E-state index in [9.17, 15) is 13.2 Å². The lowest BCUT2D eigenvalue weighted by molar-refractivity contribution is -0.0581. The van der Waals surface area contributed by atoms with Gasteiger partial charge in [-0.2, -0.15) is 0 Å². The Hall–Kier alpha value is -0.780. The molecule has 2 rings (SSSR count). The maximum atomic E-state index is 13.8. The first-order chi connectivity index (χ1) is 9.43. The molecule has 20 heavy (non-hydrogen) atoms. The highest BCUT2D eigenvalue weighted by molar-refractivity contribution is 6.31. The molecule has 0 saturated heterocycles. The Bertz CT molecular complexity index is 447. The Labute approximate surface area is 121 Å². The first kappa shape index (κ1) is 15.6. The Morgan fingerprint density at radius 2 is 2.20 bits per heavy atom. The van der Waals surface area contributed by atoms with Crippen LogP contribution in [0.3, 0.4) is 0 Å². The van der Waals surface area contributed by atoms with Gasteiger partial charge in [0.25, 0.3) is 0 Å². The van der Waals surface area contributed by atoms with Crippen molar-refractivity contribution in [2.45, 2.75) is 44.1 Å². The fourth-order valence-electron chi connectivity index (χ4n) is 2.86. The number of hydrazine groups is 1. The van der Waals surface area contributed by atoms with E-state index in [-0.39, 0.29) is 25.2 Å². The fourth-order valence-corrected chi connectivity index (χ4v) is 3.10. The highest BCUT2D eigenvalue weighted by atomic mass is 35.5. The van der Waals surface area contributed by atoms with E-state index in [1.807, 2.05) is 0 Å². The normalized spacial score (nSPS) is 23.6. The van der Waals surface area contributed by atoms with E-state index in [1.54, 1.807) is 6.07 Å². The maximum Gasteiger partial charge on any atom is 0.248 e. The Balaban J connectivity index is 2.13. The summed E-state index contributed by atoms with van der Waals surface area (Å²) in [5.74, 6) is 2.12. The summed E-state index contributed by atoms with van der Waals surface area (Å²) in [6.45, 7) is 0. The standard InChI is InChI=1S/C14H18ClF3N2/c15-11-4-1-5-12(16)10(11)7-13(20-19)9-3-2-6-14(17,18)8-9/h1,4-5,9,13,20H,2-3,6-8,19H2. The summed E-state index contributed by atoms with van der Waals surface area (Å²) in [4.78, 5) is 0. The lowest BCUT2D eigenvalue weighted by atomic mass is 9.80. The van der Waals surface area contributed by atoms with Crippen LogP contribution in [0.5, 0.6) is 0 Å². The SMILES string of the molecule is NNC(Cc1c(F)cccc1Cl)C1CCCC(F)(F)C1. The quantitative estimate of drug-likeness (QED) is 0.658. The molecule has 0 amide bonds. The highest BCUT2D eigenvalue weighted by Crippen LogP contribution is 2.39. The third kappa shape index (κ3) is 3.65. The molecule has 0 heterocycles. The van der Waals surface area contributed by atoms with E-state index in [0.29, 0.717) is 23.4 Å². The van der Waals surface area contributed by atoms with Crippen LogP contribution in [0.2, 0.25) is 5.02 Å². The maximum absolute atomic E-state index is 13.8. The largest absolute Gasteiger partial charge is 0.271 e. The van der Waals surface area contributed by atoms with Crippen LogP contribution in [0, 0.1) is 11.7 Å². The molecule has 1 aromatic rings. The fraction of sp³-hybridized carbons (Fsp3) is 0.571. The van der Waals surface area contributed by atoms with Crippen LogP contribution in [0.1, 0.15) is 31.2 Å². The summed E-state index contributed by atoms with van der Waals surface area (Å²) in [5, 5.41) is 0.299. The van der Waals surface area contributed by atoms with Crippen LogP contribution in [-0.2, 0) is 6.42 Å². The number of hydrogen-bond donors (Lipinski definition) is 2. The zero-order valence-corrected chi connectivity index (χ0v) is 11.8. The molecule has 1 saturated carbocycles. The Kier molecular flexibility index (Phi) is 4.94. The molecule has 0 bridgehead atoms. The average Bonchev–Trinajstić information content (AvgIpc) is 2.37. The van der Waals surface area contributed by atoms with E-state index in [4.69, 9.17) is 17.4 Å². The molecule has 1 aliphatic rings. The molecule has 112 valence electrons. The molecule has 0 aliphatic heterocycles. The lowest BCUT2D eigenvalue weighted by Gasteiger charge is -2.34. The molecule has 6 heteroatoms. The van der Waals surface area contributed by atoms with Crippen LogP contribution in [-0.4, -0.2) is 12.0 Å². The molecule has 0 radical (unpaired) electrons. The van der Waals surface area contributed by atoms with Gasteiger partial charge in [0.1, 0.15) is 5.82 Å². The van der Waals surface area contributed by atoms with Crippen molar-refractivity contribution < 1.29 is 13.2 Å². The number of halogens is 4. The van der Waals surface area contributed by atoms with Crippen molar-refractivity contribution in [2.75, 3.05) is 0 Å². The summed E-state index contributed by atoms with van der Waals surface area (Å²) in [6, 6.07) is 4.00. The van der Waals surface area contributed by atoms with Crippen molar-refractivity contribution in [2.24, 2.45) is 11.8 Å². The van der Waals surface area contributed by atoms with Crippen LogP contribution in [0.15, 0.2) is 18.2 Å². The van der Waals surface area contributed by atoms with E-state index in [0.717, 1.165) is 0 Å². The number of rotatable bonds is 4. The van der Waals surface area contributed by atoms with Gasteiger partial charge in [-0.3, -0.25) is 11.3 Å². The number of benzene rings is 1. The predicted molar refractivity (Wildman–Crippen MR) is 73.1 cm³/mol. The van der Waals surface area contributed by atoms with E-state index in [1.165, 1.54) is 12.1 Å². The van der Waals surface area contributed by atoms with E-state index < -0.39 is 17.8 Å². The third-order valence-electron chi connectivity index (χ3n) is 3.95. The minimum Gasteiger partial charge on any atom is -0.271 e. The summed E-state index contributed by atoms with van der Waals surface area (Å²) in [5.41, 5.74) is 2.88. The van der Waals surface area contributed by atoms with Crippen molar-refractivity contribution >= 4 is 11.6 Å². The van der Waals surface area contributed by atoms with Gasteiger partial charge < -0.3 is 0 Å². The zero-order chi connectivity index (χ0) is 14.8. The van der Waals surface area contributed by atoms with Gasteiger partial charge in [-0.05, 0) is 37.3 Å². The molecule has 0 spiro atoms. The third-order valence-corrected chi connectivity index (χ3v) is 4.30. The lowest BCUT2D eigenvalue weighted by Crippen LogP contribution is -2.46. The van der Waals surface area contributed by atoms with Gasteiger partial charge >= 0.3 is 0 Å². The molecule has 0 aromatic heterocycles. The molecular formula is C14H18ClF3N2. The van der Waals surface area contributed by atoms with Gasteiger partial charge in [0.2, 0.25) is 5.92 Å². The van der Waals surface area contributed by atoms with Crippen molar-refractivity contribution in [1.29, 1.82) is 0 Å². The van der Waals surface area contributed by atoms with Crippen molar-refractivity contribution in [3.63, 3.8) is 0 Å². The van der Waals surface area contributed by atoms with Gasteiger partial charge in [0, 0.05) is 29.5 Å². The van der Waals surface area contributed by atoms with Gasteiger partial charge in [0.05, 0.1) is 0 Å². The van der Waals surface area contributed by atoms with Crippen LogP contribution < -0.4 is 11.3 Å². The molecule has 1 fully saturated rings. The van der Waals surface area contributed by atoms with Gasteiger partial charge in [-0.25, -0.2) is 13.2 Å². The van der Waals surface area contributed by atoms with Crippen LogP contribution >= 0.6 is 11.6 Å². The molecule has 1 aromatic carbocycles. The number of nitrogens with two attached hydrogens (primary N) is 1. The second-order valence-corrected chi connectivity index (χ2v) is 5.80. The Morgan fingerprint density at radius 3 is 2.80 bits per heavy atom. The van der Waals surface area contributed by atoms with Crippen LogP contribution in [0.25, 0.3) is 0 Å². The number of nitrogens with one attached hydrogen (secondary N) is 1. The summed E-state index contributed by atoms with van der Waals surface area (Å²) < 4.78 is 40.7. The van der Waals surface area contributed by atoms with E-state index in [2.05, 4.69) is 5.43 Å². The average molecular weight is 307 g/mol. The first-order valence-corrected chi connectivity index (χ1v) is 7.07. The zero-order valence-electron chi connectivity index (χ0n) is 11.0. The first-order valence-electron chi connectivity index (χ1n) is 6.70. The monoisotopic (exact) mass is 306 g/mol.